The molecule has 0 atom stereocenters. The molecule has 2 rings (SSSR count). The van der Waals surface area contributed by atoms with Gasteiger partial charge in [-0.1, -0.05) is 23.7 Å². The summed E-state index contributed by atoms with van der Waals surface area (Å²) in [5.74, 6) is -0.203. The van der Waals surface area contributed by atoms with Crippen molar-refractivity contribution in [3.05, 3.63) is 55.4 Å². The second-order valence-electron chi connectivity index (χ2n) is 3.57. The fourth-order valence-corrected chi connectivity index (χ4v) is 3.22. The highest BCUT2D eigenvalue weighted by Gasteiger charge is 2.04. The van der Waals surface area contributed by atoms with Crippen molar-refractivity contribution in [3.8, 4) is 0 Å². The van der Waals surface area contributed by atoms with Gasteiger partial charge in [-0.3, -0.25) is 0 Å². The average molecular weight is 335 g/mol. The van der Waals surface area contributed by atoms with E-state index >= 15 is 0 Å². The van der Waals surface area contributed by atoms with Crippen molar-refractivity contribution in [1.29, 1.82) is 0 Å². The van der Waals surface area contributed by atoms with E-state index in [4.69, 9.17) is 11.6 Å². The van der Waals surface area contributed by atoms with E-state index in [1.807, 2.05) is 12.1 Å². The first-order valence-corrected chi connectivity index (χ1v) is 7.03. The molecular formula is C12H10BrClFNS. The predicted octanol–water partition coefficient (Wildman–Crippen LogP) is 4.59. The van der Waals surface area contributed by atoms with Crippen LogP contribution < -0.4 is 5.32 Å². The molecule has 1 aromatic carbocycles. The third kappa shape index (κ3) is 3.78. The van der Waals surface area contributed by atoms with Crippen molar-refractivity contribution >= 4 is 38.9 Å². The first-order chi connectivity index (χ1) is 8.15. The highest BCUT2D eigenvalue weighted by molar-refractivity contribution is 9.10. The summed E-state index contributed by atoms with van der Waals surface area (Å²) >= 11 is 10.8. The van der Waals surface area contributed by atoms with Crippen LogP contribution in [0.4, 0.5) is 4.39 Å². The SMILES string of the molecule is Fc1cccc(CNCc2cc(Br)c(Cl)s2)c1. The van der Waals surface area contributed by atoms with E-state index in [-0.39, 0.29) is 5.82 Å². The number of halogens is 3. The topological polar surface area (TPSA) is 12.0 Å². The van der Waals surface area contributed by atoms with Crippen LogP contribution in [-0.4, -0.2) is 0 Å². The molecule has 0 aliphatic carbocycles. The van der Waals surface area contributed by atoms with Crippen molar-refractivity contribution < 1.29 is 4.39 Å². The number of nitrogens with one attached hydrogen (secondary N) is 1. The molecule has 5 heteroatoms. The molecule has 0 aliphatic rings. The zero-order valence-electron chi connectivity index (χ0n) is 8.84. The van der Waals surface area contributed by atoms with Crippen LogP contribution in [0.1, 0.15) is 10.4 Å². The maximum absolute atomic E-state index is 12.9. The molecule has 1 N–H and O–H groups in total. The Morgan fingerprint density at radius 3 is 2.76 bits per heavy atom. The standard InChI is InChI=1S/C12H10BrClFNS/c13-11-5-10(17-12(11)14)7-16-6-8-2-1-3-9(15)4-8/h1-5,16H,6-7H2. The van der Waals surface area contributed by atoms with Gasteiger partial charge in [0.25, 0.3) is 0 Å². The second kappa shape index (κ2) is 5.96. The molecule has 2 aromatic rings. The van der Waals surface area contributed by atoms with E-state index < -0.39 is 0 Å². The van der Waals surface area contributed by atoms with Crippen LogP contribution in [0.5, 0.6) is 0 Å². The van der Waals surface area contributed by atoms with E-state index in [2.05, 4.69) is 21.2 Å². The van der Waals surface area contributed by atoms with Crippen molar-refractivity contribution in [3.63, 3.8) is 0 Å². The van der Waals surface area contributed by atoms with Crippen molar-refractivity contribution in [1.82, 2.24) is 5.32 Å². The van der Waals surface area contributed by atoms with Gasteiger partial charge < -0.3 is 5.32 Å². The Labute approximate surface area is 117 Å². The largest absolute Gasteiger partial charge is 0.308 e. The molecule has 0 saturated carbocycles. The molecule has 0 amide bonds. The zero-order chi connectivity index (χ0) is 12.3. The molecular weight excluding hydrogens is 325 g/mol. The highest BCUT2D eigenvalue weighted by Crippen LogP contribution is 2.31. The minimum absolute atomic E-state index is 0.203. The Morgan fingerprint density at radius 2 is 2.12 bits per heavy atom. The van der Waals surface area contributed by atoms with E-state index in [9.17, 15) is 4.39 Å². The second-order valence-corrected chi connectivity index (χ2v) is 6.16. The first-order valence-electron chi connectivity index (χ1n) is 5.04. The van der Waals surface area contributed by atoms with Crippen LogP contribution >= 0.6 is 38.9 Å². The number of rotatable bonds is 4. The molecule has 1 heterocycles. The lowest BCUT2D eigenvalue weighted by molar-refractivity contribution is 0.620. The van der Waals surface area contributed by atoms with E-state index in [1.54, 1.807) is 6.07 Å². The fourth-order valence-electron chi connectivity index (χ4n) is 1.46. The van der Waals surface area contributed by atoms with Crippen molar-refractivity contribution in [2.24, 2.45) is 0 Å². The van der Waals surface area contributed by atoms with Gasteiger partial charge in [-0.2, -0.15) is 0 Å². The maximum Gasteiger partial charge on any atom is 0.123 e. The van der Waals surface area contributed by atoms with Gasteiger partial charge in [-0.25, -0.2) is 4.39 Å². The molecule has 0 fully saturated rings. The lowest BCUT2D eigenvalue weighted by Crippen LogP contribution is -2.11. The van der Waals surface area contributed by atoms with Crippen molar-refractivity contribution in [2.75, 3.05) is 0 Å². The maximum atomic E-state index is 12.9. The quantitative estimate of drug-likeness (QED) is 0.862. The number of thiophene rings is 1. The number of hydrogen-bond acceptors (Lipinski definition) is 2. The monoisotopic (exact) mass is 333 g/mol. The molecule has 0 unspecified atom stereocenters. The van der Waals surface area contributed by atoms with Crippen LogP contribution in [-0.2, 0) is 13.1 Å². The fraction of sp³-hybridized carbons (Fsp3) is 0.167. The van der Waals surface area contributed by atoms with E-state index in [0.29, 0.717) is 6.54 Å². The predicted molar refractivity (Wildman–Crippen MR) is 74.0 cm³/mol. The van der Waals surface area contributed by atoms with Gasteiger partial charge in [0.15, 0.2) is 0 Å². The van der Waals surface area contributed by atoms with Crippen LogP contribution in [0, 0.1) is 5.82 Å². The van der Waals surface area contributed by atoms with Gasteiger partial charge >= 0.3 is 0 Å². The molecule has 17 heavy (non-hydrogen) atoms. The molecule has 1 nitrogen and oxygen atoms in total. The highest BCUT2D eigenvalue weighted by atomic mass is 79.9. The van der Waals surface area contributed by atoms with Crippen LogP contribution in [0.15, 0.2) is 34.8 Å². The average Bonchev–Trinajstić information content (AvgIpc) is 2.58. The Hall–Kier alpha value is -0.420. The van der Waals surface area contributed by atoms with Gasteiger partial charge in [0.2, 0.25) is 0 Å². The molecule has 0 aliphatic heterocycles. The van der Waals surface area contributed by atoms with Crippen molar-refractivity contribution in [2.45, 2.75) is 13.1 Å². The molecule has 1 aromatic heterocycles. The molecule has 0 saturated heterocycles. The van der Waals surface area contributed by atoms with Gasteiger partial charge in [0.1, 0.15) is 10.2 Å². The molecule has 0 spiro atoms. The number of benzene rings is 1. The third-order valence-electron chi connectivity index (χ3n) is 2.21. The molecule has 90 valence electrons. The Balaban J connectivity index is 1.87. The van der Waals surface area contributed by atoms with Gasteiger partial charge in [-0.15, -0.1) is 11.3 Å². The Morgan fingerprint density at radius 1 is 1.29 bits per heavy atom. The Bertz CT molecular complexity index is 495. The van der Waals surface area contributed by atoms with Gasteiger partial charge in [-0.05, 0) is 39.7 Å². The summed E-state index contributed by atoms with van der Waals surface area (Å²) < 4.78 is 14.6. The molecule has 0 radical (unpaired) electrons. The van der Waals surface area contributed by atoms with Gasteiger partial charge in [0, 0.05) is 22.4 Å². The summed E-state index contributed by atoms with van der Waals surface area (Å²) in [6.45, 7) is 1.37. The third-order valence-corrected chi connectivity index (χ3v) is 4.69. The lowest BCUT2D eigenvalue weighted by atomic mass is 10.2. The first kappa shape index (κ1) is 13.0. The summed E-state index contributed by atoms with van der Waals surface area (Å²) in [6, 6.07) is 8.58. The minimum atomic E-state index is -0.203. The summed E-state index contributed by atoms with van der Waals surface area (Å²) in [5.41, 5.74) is 0.937. The zero-order valence-corrected chi connectivity index (χ0v) is 12.0. The van der Waals surface area contributed by atoms with Crippen LogP contribution in [0.2, 0.25) is 4.34 Å². The summed E-state index contributed by atoms with van der Waals surface area (Å²) in [6.07, 6.45) is 0. The lowest BCUT2D eigenvalue weighted by Gasteiger charge is -2.03. The van der Waals surface area contributed by atoms with Gasteiger partial charge in [0.05, 0.1) is 0 Å². The summed E-state index contributed by atoms with van der Waals surface area (Å²) in [4.78, 5) is 1.15. The van der Waals surface area contributed by atoms with E-state index in [0.717, 1.165) is 25.8 Å². The van der Waals surface area contributed by atoms with Crippen LogP contribution in [0.3, 0.4) is 0 Å². The smallest absolute Gasteiger partial charge is 0.123 e. The minimum Gasteiger partial charge on any atom is -0.308 e. The normalized spacial score (nSPS) is 10.8. The number of hydrogen-bond donors (Lipinski definition) is 1. The molecule has 0 bridgehead atoms. The Kier molecular flexibility index (Phi) is 4.56. The van der Waals surface area contributed by atoms with Crippen LogP contribution in [0.25, 0.3) is 0 Å². The summed E-state index contributed by atoms with van der Waals surface area (Å²) in [5, 5.41) is 3.25. The summed E-state index contributed by atoms with van der Waals surface area (Å²) in [7, 11) is 0. The van der Waals surface area contributed by atoms with E-state index in [1.165, 1.54) is 23.5 Å².